The van der Waals surface area contributed by atoms with Crippen LogP contribution in [-0.4, -0.2) is 15.0 Å². The van der Waals surface area contributed by atoms with Gasteiger partial charge in [-0.15, -0.1) is 0 Å². The lowest BCUT2D eigenvalue weighted by Crippen LogP contribution is -2.29. The average Bonchev–Trinajstić information content (AvgIpc) is 2.87. The van der Waals surface area contributed by atoms with E-state index in [1.807, 2.05) is 55.5 Å². The Morgan fingerprint density at radius 1 is 0.958 bits per heavy atom. The molecule has 1 aromatic heterocycles. The van der Waals surface area contributed by atoms with E-state index in [4.69, 9.17) is 0 Å². The van der Waals surface area contributed by atoms with E-state index >= 15 is 0 Å². The fourth-order valence-corrected chi connectivity index (χ4v) is 2.90. The molecule has 0 aliphatic rings. The lowest BCUT2D eigenvalue weighted by atomic mass is 10.1. The molecule has 1 heterocycles. The predicted molar refractivity (Wildman–Crippen MR) is 96.3 cm³/mol. The van der Waals surface area contributed by atoms with Crippen LogP contribution in [0.25, 0.3) is 11.0 Å². The van der Waals surface area contributed by atoms with Gasteiger partial charge in [0.05, 0.1) is 11.0 Å². The van der Waals surface area contributed by atoms with Crippen molar-refractivity contribution in [1.82, 2.24) is 9.13 Å². The zero-order valence-electron chi connectivity index (χ0n) is 14.0. The van der Waals surface area contributed by atoms with Crippen molar-refractivity contribution in [3.63, 3.8) is 0 Å². The second kappa shape index (κ2) is 6.74. The van der Waals surface area contributed by atoms with Gasteiger partial charge in [0.15, 0.2) is 0 Å². The van der Waals surface area contributed by atoms with Gasteiger partial charge in [0.2, 0.25) is 5.91 Å². The topological polar surface area (TPSA) is 56.0 Å². The minimum absolute atomic E-state index is 0.00186. The SMILES string of the molecule is CCc1ccc(NC(=O)Cn2c(=O)n(CC)c3ccccc32)cc1. The Hall–Kier alpha value is -2.82. The van der Waals surface area contributed by atoms with Gasteiger partial charge < -0.3 is 5.32 Å². The molecule has 0 saturated heterocycles. The van der Waals surface area contributed by atoms with Gasteiger partial charge in [-0.3, -0.25) is 13.9 Å². The maximum atomic E-state index is 12.5. The summed E-state index contributed by atoms with van der Waals surface area (Å²) in [6.45, 7) is 4.59. The van der Waals surface area contributed by atoms with Crippen LogP contribution in [0.4, 0.5) is 5.69 Å². The number of hydrogen-bond donors (Lipinski definition) is 1. The van der Waals surface area contributed by atoms with Gasteiger partial charge in [-0.05, 0) is 43.2 Å². The van der Waals surface area contributed by atoms with Crippen molar-refractivity contribution < 1.29 is 4.79 Å². The summed E-state index contributed by atoms with van der Waals surface area (Å²) in [6.07, 6.45) is 0.958. The second-order valence-corrected chi connectivity index (χ2v) is 5.70. The minimum Gasteiger partial charge on any atom is -0.325 e. The average molecular weight is 323 g/mol. The second-order valence-electron chi connectivity index (χ2n) is 5.70. The molecule has 3 aromatic rings. The third-order valence-electron chi connectivity index (χ3n) is 4.19. The zero-order chi connectivity index (χ0) is 17.1. The molecule has 0 bridgehead atoms. The summed E-state index contributed by atoms with van der Waals surface area (Å²) in [7, 11) is 0. The third kappa shape index (κ3) is 2.97. The number of amides is 1. The lowest BCUT2D eigenvalue weighted by Gasteiger charge is -2.07. The molecule has 0 atom stereocenters. The number of carbonyl (C=O) groups is 1. The Morgan fingerprint density at radius 2 is 1.58 bits per heavy atom. The first kappa shape index (κ1) is 16.1. The molecular formula is C19H21N3O2. The van der Waals surface area contributed by atoms with Crippen molar-refractivity contribution in [2.24, 2.45) is 0 Å². The van der Waals surface area contributed by atoms with Crippen molar-refractivity contribution in [2.45, 2.75) is 33.4 Å². The predicted octanol–water partition coefficient (Wildman–Crippen LogP) is 3.02. The first-order valence-corrected chi connectivity index (χ1v) is 8.21. The number of nitrogens with one attached hydrogen (secondary N) is 1. The smallest absolute Gasteiger partial charge is 0.325 e. The first-order chi connectivity index (χ1) is 11.6. The van der Waals surface area contributed by atoms with E-state index in [0.717, 1.165) is 23.1 Å². The molecule has 1 N–H and O–H groups in total. The van der Waals surface area contributed by atoms with Crippen LogP contribution in [0.5, 0.6) is 0 Å². The highest BCUT2D eigenvalue weighted by molar-refractivity contribution is 5.91. The molecule has 0 radical (unpaired) electrons. The van der Waals surface area contributed by atoms with E-state index in [0.29, 0.717) is 6.54 Å². The van der Waals surface area contributed by atoms with Gasteiger partial charge in [-0.2, -0.15) is 0 Å². The Labute approximate surface area is 140 Å². The number of rotatable bonds is 5. The molecule has 124 valence electrons. The fraction of sp³-hybridized carbons (Fsp3) is 0.263. The summed E-state index contributed by atoms with van der Waals surface area (Å²) in [5, 5.41) is 2.85. The number of carbonyl (C=O) groups excluding carboxylic acids is 1. The highest BCUT2D eigenvalue weighted by Crippen LogP contribution is 2.14. The highest BCUT2D eigenvalue weighted by atomic mass is 16.2. The largest absolute Gasteiger partial charge is 0.329 e. The molecule has 0 aliphatic carbocycles. The zero-order valence-corrected chi connectivity index (χ0v) is 14.0. The van der Waals surface area contributed by atoms with Gasteiger partial charge in [0, 0.05) is 12.2 Å². The van der Waals surface area contributed by atoms with Gasteiger partial charge in [-0.1, -0.05) is 31.2 Å². The van der Waals surface area contributed by atoms with Crippen LogP contribution in [0.3, 0.4) is 0 Å². The molecule has 5 heteroatoms. The van der Waals surface area contributed by atoms with Crippen LogP contribution in [-0.2, 0) is 24.3 Å². The minimum atomic E-state index is -0.208. The number of hydrogen-bond acceptors (Lipinski definition) is 2. The molecule has 0 aliphatic heterocycles. The van der Waals surface area contributed by atoms with Crippen LogP contribution >= 0.6 is 0 Å². The fourth-order valence-electron chi connectivity index (χ4n) is 2.90. The van der Waals surface area contributed by atoms with E-state index in [1.54, 1.807) is 4.57 Å². The number of imidazole rings is 1. The molecule has 5 nitrogen and oxygen atoms in total. The van der Waals surface area contributed by atoms with Gasteiger partial charge in [0.25, 0.3) is 0 Å². The number of benzene rings is 2. The molecule has 0 saturated carbocycles. The van der Waals surface area contributed by atoms with Crippen LogP contribution in [0.1, 0.15) is 19.4 Å². The van der Waals surface area contributed by atoms with E-state index in [-0.39, 0.29) is 18.1 Å². The number of para-hydroxylation sites is 2. The Morgan fingerprint density at radius 3 is 2.17 bits per heavy atom. The number of aryl methyl sites for hydroxylation is 2. The molecule has 0 spiro atoms. The van der Waals surface area contributed by atoms with Crippen molar-refractivity contribution in [3.8, 4) is 0 Å². The standard InChI is InChI=1S/C19H21N3O2/c1-3-14-9-11-15(12-10-14)20-18(23)13-22-17-8-6-5-7-16(17)21(4-2)19(22)24/h5-12H,3-4,13H2,1-2H3,(H,20,23). The van der Waals surface area contributed by atoms with E-state index in [1.165, 1.54) is 10.1 Å². The Kier molecular flexibility index (Phi) is 4.51. The summed E-state index contributed by atoms with van der Waals surface area (Å²) in [6, 6.07) is 15.3. The molecule has 1 amide bonds. The van der Waals surface area contributed by atoms with E-state index in [9.17, 15) is 9.59 Å². The summed E-state index contributed by atoms with van der Waals surface area (Å²) in [5.41, 5.74) is 3.43. The van der Waals surface area contributed by atoms with Crippen molar-refractivity contribution in [1.29, 1.82) is 0 Å². The van der Waals surface area contributed by atoms with Gasteiger partial charge >= 0.3 is 5.69 Å². The molecule has 3 rings (SSSR count). The van der Waals surface area contributed by atoms with Crippen LogP contribution in [0.15, 0.2) is 53.3 Å². The van der Waals surface area contributed by atoms with Crippen molar-refractivity contribution >= 4 is 22.6 Å². The van der Waals surface area contributed by atoms with Crippen molar-refractivity contribution in [2.75, 3.05) is 5.32 Å². The van der Waals surface area contributed by atoms with E-state index in [2.05, 4.69) is 12.2 Å². The Bertz CT molecular complexity index is 920. The maximum Gasteiger partial charge on any atom is 0.329 e. The third-order valence-corrected chi connectivity index (χ3v) is 4.19. The van der Waals surface area contributed by atoms with Crippen LogP contribution < -0.4 is 11.0 Å². The summed E-state index contributed by atoms with van der Waals surface area (Å²) < 4.78 is 3.20. The molecule has 0 unspecified atom stereocenters. The lowest BCUT2D eigenvalue weighted by molar-refractivity contribution is -0.116. The summed E-state index contributed by atoms with van der Waals surface area (Å²) >= 11 is 0. The molecule has 2 aromatic carbocycles. The summed E-state index contributed by atoms with van der Waals surface area (Å²) in [5.74, 6) is -0.208. The van der Waals surface area contributed by atoms with Gasteiger partial charge in [-0.25, -0.2) is 4.79 Å². The molecule has 24 heavy (non-hydrogen) atoms. The van der Waals surface area contributed by atoms with Crippen LogP contribution in [0, 0.1) is 0 Å². The normalized spacial score (nSPS) is 10.9. The van der Waals surface area contributed by atoms with Gasteiger partial charge in [0.1, 0.15) is 6.54 Å². The number of anilines is 1. The molecular weight excluding hydrogens is 302 g/mol. The monoisotopic (exact) mass is 323 g/mol. The van der Waals surface area contributed by atoms with Crippen molar-refractivity contribution in [3.05, 3.63) is 64.6 Å². The summed E-state index contributed by atoms with van der Waals surface area (Å²) in [4.78, 5) is 24.9. The first-order valence-electron chi connectivity index (χ1n) is 8.21. The molecule has 0 fully saturated rings. The quantitative estimate of drug-likeness (QED) is 0.784. The Balaban J connectivity index is 1.85. The maximum absolute atomic E-state index is 12.5. The number of fused-ring (bicyclic) bond motifs is 1. The number of nitrogens with zero attached hydrogens (tertiary/aromatic N) is 2. The van der Waals surface area contributed by atoms with Crippen LogP contribution in [0.2, 0.25) is 0 Å². The number of aromatic nitrogens is 2. The highest BCUT2D eigenvalue weighted by Gasteiger charge is 2.14. The van der Waals surface area contributed by atoms with E-state index < -0.39 is 0 Å².